The number of hydrogen-bond acceptors (Lipinski definition) is 4. The van der Waals surface area contributed by atoms with Gasteiger partial charge in [0.25, 0.3) is 5.91 Å². The minimum atomic E-state index is -0.758. The summed E-state index contributed by atoms with van der Waals surface area (Å²) in [4.78, 5) is 17.8. The number of aliphatic hydroxyl groups excluding tert-OH is 1. The van der Waals surface area contributed by atoms with E-state index < -0.39 is 12.1 Å². The number of pyridine rings is 1. The van der Waals surface area contributed by atoms with E-state index in [9.17, 15) is 18.7 Å². The Balaban J connectivity index is 1.32. The summed E-state index contributed by atoms with van der Waals surface area (Å²) >= 11 is 0. The van der Waals surface area contributed by atoms with Crippen molar-refractivity contribution in [2.75, 3.05) is 7.05 Å². The summed E-state index contributed by atoms with van der Waals surface area (Å²) in [5.41, 5.74) is 2.55. The number of hydrogen-bond donors (Lipinski definition) is 2. The number of aromatic nitrogens is 1. The van der Waals surface area contributed by atoms with Crippen LogP contribution in [-0.2, 0) is 13.0 Å². The Bertz CT molecular complexity index is 1110. The molecule has 1 aromatic heterocycles. The third-order valence-electron chi connectivity index (χ3n) is 6.12. The average molecular weight is 452 g/mol. The normalized spacial score (nSPS) is 18.8. The molecule has 0 radical (unpaired) electrons. The Kier molecular flexibility index (Phi) is 7.11. The highest BCUT2D eigenvalue weighted by Gasteiger charge is 2.30. The first-order valence-corrected chi connectivity index (χ1v) is 11.0. The van der Waals surface area contributed by atoms with Gasteiger partial charge in [-0.1, -0.05) is 30.3 Å². The van der Waals surface area contributed by atoms with Crippen molar-refractivity contribution in [1.29, 1.82) is 0 Å². The smallest absolute Gasteiger partial charge is 0.253 e. The van der Waals surface area contributed by atoms with Gasteiger partial charge in [0.1, 0.15) is 5.82 Å². The van der Waals surface area contributed by atoms with Crippen LogP contribution in [-0.4, -0.2) is 40.0 Å². The van der Waals surface area contributed by atoms with E-state index in [1.54, 1.807) is 43.4 Å². The Morgan fingerprint density at radius 1 is 1.15 bits per heavy atom. The number of aliphatic hydroxyl groups is 1. The maximum atomic E-state index is 13.8. The van der Waals surface area contributed by atoms with Gasteiger partial charge in [-0.25, -0.2) is 9.37 Å². The lowest BCUT2D eigenvalue weighted by atomic mass is 10.0. The van der Waals surface area contributed by atoms with Gasteiger partial charge in [-0.3, -0.25) is 4.79 Å². The van der Waals surface area contributed by atoms with Gasteiger partial charge in [-0.05, 0) is 60.7 Å². The minimum absolute atomic E-state index is 0.126. The molecule has 7 heteroatoms. The molecule has 1 amide bonds. The van der Waals surface area contributed by atoms with Crippen LogP contribution in [0.15, 0.2) is 66.9 Å². The average Bonchev–Trinajstić information content (AvgIpc) is 3.28. The first-order valence-electron chi connectivity index (χ1n) is 11.0. The van der Waals surface area contributed by atoms with Gasteiger partial charge >= 0.3 is 0 Å². The van der Waals surface area contributed by atoms with E-state index >= 15 is 0 Å². The fourth-order valence-corrected chi connectivity index (χ4v) is 4.34. The summed E-state index contributed by atoms with van der Waals surface area (Å²) in [6, 6.07) is 16.8. The van der Waals surface area contributed by atoms with Crippen LogP contribution in [0.1, 0.15) is 46.0 Å². The predicted molar refractivity (Wildman–Crippen MR) is 121 cm³/mol. The Morgan fingerprint density at radius 2 is 1.94 bits per heavy atom. The highest BCUT2D eigenvalue weighted by atomic mass is 19.1. The highest BCUT2D eigenvalue weighted by Crippen LogP contribution is 2.27. The van der Waals surface area contributed by atoms with Crippen molar-refractivity contribution in [3.8, 4) is 0 Å². The van der Waals surface area contributed by atoms with Crippen LogP contribution in [0.4, 0.5) is 8.78 Å². The molecule has 1 saturated heterocycles. The number of carbonyl (C=O) groups excluding carboxylic acids is 1. The van der Waals surface area contributed by atoms with E-state index in [2.05, 4.69) is 10.3 Å². The third-order valence-corrected chi connectivity index (χ3v) is 6.12. The van der Waals surface area contributed by atoms with Crippen LogP contribution in [0.5, 0.6) is 0 Å². The molecule has 1 fully saturated rings. The molecule has 1 unspecified atom stereocenters. The topological polar surface area (TPSA) is 65.5 Å². The van der Waals surface area contributed by atoms with E-state index in [4.69, 9.17) is 0 Å². The monoisotopic (exact) mass is 451 g/mol. The molecule has 172 valence electrons. The Labute approximate surface area is 192 Å². The van der Waals surface area contributed by atoms with Gasteiger partial charge in [0, 0.05) is 36.5 Å². The fraction of sp³-hybridized carbons (Fsp3) is 0.308. The Hall–Kier alpha value is -3.16. The molecule has 33 heavy (non-hydrogen) atoms. The van der Waals surface area contributed by atoms with Crippen molar-refractivity contribution >= 4 is 5.91 Å². The largest absolute Gasteiger partial charge is 0.387 e. The quantitative estimate of drug-likeness (QED) is 0.533. The van der Waals surface area contributed by atoms with E-state index in [0.717, 1.165) is 24.8 Å². The van der Waals surface area contributed by atoms with Crippen molar-refractivity contribution in [1.82, 2.24) is 15.2 Å². The molecule has 3 aromatic rings. The minimum Gasteiger partial charge on any atom is -0.387 e. The third kappa shape index (κ3) is 5.61. The zero-order valence-electron chi connectivity index (χ0n) is 18.4. The molecule has 0 bridgehead atoms. The highest BCUT2D eigenvalue weighted by molar-refractivity contribution is 5.94. The number of benzene rings is 2. The first kappa shape index (κ1) is 23.0. The van der Waals surface area contributed by atoms with Crippen molar-refractivity contribution in [3.05, 3.63) is 101 Å². The molecule has 0 spiro atoms. The predicted octanol–water partition coefficient (Wildman–Crippen LogP) is 4.03. The maximum absolute atomic E-state index is 13.8. The number of amides is 1. The van der Waals surface area contributed by atoms with Crippen LogP contribution in [0.2, 0.25) is 0 Å². The summed E-state index contributed by atoms with van der Waals surface area (Å²) < 4.78 is 27.2. The standard InChI is InChI=1S/C26H27F2N3O2/c1-31(16-20-5-3-13-29-25(20)28)26(33)18-9-7-17(8-10-18)14-22-11-12-23(30-22)24(32)19-4-2-6-21(27)15-19/h2-10,13,15,22-24,30,32H,11-12,14,16H2,1H3/t22-,23+,24?/m0/s1. The molecule has 4 rings (SSSR count). The first-order chi connectivity index (χ1) is 15.9. The molecule has 2 N–H and O–H groups in total. The lowest BCUT2D eigenvalue weighted by Crippen LogP contribution is -2.35. The van der Waals surface area contributed by atoms with E-state index in [1.165, 1.54) is 23.2 Å². The second kappa shape index (κ2) is 10.2. The van der Waals surface area contributed by atoms with Gasteiger partial charge in [0.2, 0.25) is 5.95 Å². The molecular formula is C26H27F2N3O2. The van der Waals surface area contributed by atoms with Crippen molar-refractivity contribution in [2.45, 2.75) is 44.0 Å². The van der Waals surface area contributed by atoms with Crippen molar-refractivity contribution in [3.63, 3.8) is 0 Å². The number of nitrogens with zero attached hydrogens (tertiary/aromatic N) is 2. The summed E-state index contributed by atoms with van der Waals surface area (Å²) in [6.07, 6.45) is 3.08. The maximum Gasteiger partial charge on any atom is 0.253 e. The van der Waals surface area contributed by atoms with Gasteiger partial charge in [-0.15, -0.1) is 0 Å². The van der Waals surface area contributed by atoms with Crippen LogP contribution in [0, 0.1) is 11.8 Å². The molecule has 1 aliphatic heterocycles. The molecule has 2 heterocycles. The Morgan fingerprint density at radius 3 is 2.67 bits per heavy atom. The van der Waals surface area contributed by atoms with E-state index in [0.29, 0.717) is 16.7 Å². The molecule has 0 aliphatic carbocycles. The van der Waals surface area contributed by atoms with E-state index in [1.807, 2.05) is 12.1 Å². The van der Waals surface area contributed by atoms with Crippen LogP contribution in [0.3, 0.4) is 0 Å². The van der Waals surface area contributed by atoms with Gasteiger partial charge in [0.05, 0.1) is 12.6 Å². The van der Waals surface area contributed by atoms with Gasteiger partial charge in [-0.2, -0.15) is 4.39 Å². The second-order valence-corrected chi connectivity index (χ2v) is 8.56. The van der Waals surface area contributed by atoms with Crippen LogP contribution in [0.25, 0.3) is 0 Å². The molecular weight excluding hydrogens is 424 g/mol. The lowest BCUT2D eigenvalue weighted by molar-refractivity contribution is 0.0783. The molecule has 2 aromatic carbocycles. The molecule has 5 nitrogen and oxygen atoms in total. The van der Waals surface area contributed by atoms with Gasteiger partial charge < -0.3 is 15.3 Å². The fourth-order valence-electron chi connectivity index (χ4n) is 4.34. The van der Waals surface area contributed by atoms with Gasteiger partial charge in [0.15, 0.2) is 0 Å². The molecule has 3 atom stereocenters. The van der Waals surface area contributed by atoms with Crippen molar-refractivity contribution in [2.24, 2.45) is 0 Å². The summed E-state index contributed by atoms with van der Waals surface area (Å²) in [7, 11) is 1.63. The summed E-state index contributed by atoms with van der Waals surface area (Å²) in [6.45, 7) is 0.140. The summed E-state index contributed by atoms with van der Waals surface area (Å²) in [5.74, 6) is -1.12. The zero-order valence-corrected chi connectivity index (χ0v) is 18.4. The lowest BCUT2D eigenvalue weighted by Gasteiger charge is -2.21. The molecule has 0 saturated carbocycles. The second-order valence-electron chi connectivity index (χ2n) is 8.56. The SMILES string of the molecule is CN(Cc1cccnc1F)C(=O)c1ccc(C[C@@H]2CC[C@H](C(O)c3cccc(F)c3)N2)cc1. The number of carbonyl (C=O) groups is 1. The van der Waals surface area contributed by atoms with Crippen molar-refractivity contribution < 1.29 is 18.7 Å². The number of nitrogens with one attached hydrogen (secondary N) is 1. The van der Waals surface area contributed by atoms with Crippen LogP contribution < -0.4 is 5.32 Å². The number of rotatable bonds is 7. The van der Waals surface area contributed by atoms with Crippen LogP contribution >= 0.6 is 0 Å². The molecule has 1 aliphatic rings. The zero-order chi connectivity index (χ0) is 23.4. The number of halogens is 2. The summed E-state index contributed by atoms with van der Waals surface area (Å²) in [5, 5.41) is 14.1. The van der Waals surface area contributed by atoms with E-state index in [-0.39, 0.29) is 30.4 Å².